The van der Waals surface area contributed by atoms with Gasteiger partial charge in [-0.2, -0.15) is 0 Å². The minimum Gasteiger partial charge on any atom is -0.491 e. The molecule has 104 valence electrons. The van der Waals surface area contributed by atoms with Crippen LogP contribution in [0, 0.1) is 0 Å². The number of hydrogen-bond donors (Lipinski definition) is 1. The Bertz CT molecular complexity index is 414. The van der Waals surface area contributed by atoms with Crippen LogP contribution in [0.5, 0.6) is 5.75 Å². The topological polar surface area (TPSA) is 70.8 Å². The molecule has 0 aliphatic heterocycles. The van der Waals surface area contributed by atoms with Crippen LogP contribution in [0.25, 0.3) is 0 Å². The van der Waals surface area contributed by atoms with Gasteiger partial charge in [-0.1, -0.05) is 6.58 Å². The summed E-state index contributed by atoms with van der Waals surface area (Å²) in [7, 11) is 0. The highest BCUT2D eigenvalue weighted by molar-refractivity contribution is 5.86. The molecular formula is C14H19NO4. The number of rotatable bonds is 8. The average molecular weight is 265 g/mol. The van der Waals surface area contributed by atoms with Gasteiger partial charge in [0.25, 0.3) is 0 Å². The molecule has 0 fully saturated rings. The summed E-state index contributed by atoms with van der Waals surface area (Å²) in [6.07, 6.45) is 0. The fourth-order valence-electron chi connectivity index (χ4n) is 1.20. The number of nitrogens with two attached hydrogens (primary N) is 1. The molecule has 0 bridgehead atoms. The Morgan fingerprint density at radius 3 is 2.42 bits per heavy atom. The van der Waals surface area contributed by atoms with Crippen molar-refractivity contribution in [2.75, 3.05) is 32.2 Å². The molecule has 0 aromatic heterocycles. The van der Waals surface area contributed by atoms with Gasteiger partial charge in [0.05, 0.1) is 13.2 Å². The minimum atomic E-state index is -0.401. The van der Waals surface area contributed by atoms with Crippen LogP contribution in [0.1, 0.15) is 6.92 Å². The number of anilines is 1. The molecule has 1 rings (SSSR count). The Labute approximate surface area is 113 Å². The molecule has 0 spiro atoms. The fourth-order valence-corrected chi connectivity index (χ4v) is 1.20. The summed E-state index contributed by atoms with van der Waals surface area (Å²) in [6, 6.07) is 7.13. The van der Waals surface area contributed by atoms with Gasteiger partial charge in [-0.3, -0.25) is 0 Å². The second kappa shape index (κ2) is 8.16. The monoisotopic (exact) mass is 265 g/mol. The minimum absolute atomic E-state index is 0.216. The zero-order chi connectivity index (χ0) is 14.1. The molecule has 0 radical (unpaired) electrons. The van der Waals surface area contributed by atoms with E-state index in [9.17, 15) is 4.79 Å². The number of hydrogen-bond acceptors (Lipinski definition) is 5. The highest BCUT2D eigenvalue weighted by atomic mass is 16.6. The van der Waals surface area contributed by atoms with Crippen LogP contribution in [0.3, 0.4) is 0 Å². The molecule has 0 amide bonds. The van der Waals surface area contributed by atoms with Crippen molar-refractivity contribution >= 4 is 11.7 Å². The molecule has 0 atom stereocenters. The van der Waals surface area contributed by atoms with Gasteiger partial charge in [-0.15, -0.1) is 0 Å². The van der Waals surface area contributed by atoms with Gasteiger partial charge in [0.1, 0.15) is 19.0 Å². The molecule has 0 unspecified atom stereocenters. The maximum atomic E-state index is 11.0. The summed E-state index contributed by atoms with van der Waals surface area (Å²) < 4.78 is 15.5. The van der Waals surface area contributed by atoms with Crippen molar-refractivity contribution in [2.45, 2.75) is 6.92 Å². The van der Waals surface area contributed by atoms with E-state index < -0.39 is 5.97 Å². The number of esters is 1. The summed E-state index contributed by atoms with van der Waals surface area (Å²) in [5.74, 6) is 0.341. The van der Waals surface area contributed by atoms with Crippen LogP contribution in [-0.4, -0.2) is 32.4 Å². The molecule has 5 heteroatoms. The second-order valence-corrected chi connectivity index (χ2v) is 3.95. The van der Waals surface area contributed by atoms with Gasteiger partial charge < -0.3 is 19.9 Å². The lowest BCUT2D eigenvalue weighted by Gasteiger charge is -2.08. The fraction of sp³-hybridized carbons (Fsp3) is 0.357. The molecule has 0 saturated carbocycles. The number of carbonyl (C=O) groups excluding carboxylic acids is 1. The quantitative estimate of drug-likeness (QED) is 0.336. The Hall–Kier alpha value is -2.01. The van der Waals surface area contributed by atoms with Gasteiger partial charge in [0.2, 0.25) is 0 Å². The van der Waals surface area contributed by atoms with E-state index >= 15 is 0 Å². The maximum Gasteiger partial charge on any atom is 0.333 e. The average Bonchev–Trinajstić information content (AvgIpc) is 2.39. The van der Waals surface area contributed by atoms with Crippen LogP contribution in [-0.2, 0) is 14.3 Å². The summed E-state index contributed by atoms with van der Waals surface area (Å²) in [5, 5.41) is 0. The molecule has 0 aliphatic carbocycles. The largest absolute Gasteiger partial charge is 0.491 e. The van der Waals surface area contributed by atoms with Gasteiger partial charge in [-0.25, -0.2) is 4.79 Å². The van der Waals surface area contributed by atoms with E-state index in [0.717, 1.165) is 5.75 Å². The molecule has 19 heavy (non-hydrogen) atoms. The van der Waals surface area contributed by atoms with Crippen LogP contribution in [0.2, 0.25) is 0 Å². The first kappa shape index (κ1) is 15.0. The van der Waals surface area contributed by atoms with E-state index in [0.29, 0.717) is 31.1 Å². The number of ether oxygens (including phenoxy) is 3. The van der Waals surface area contributed by atoms with Crippen molar-refractivity contribution in [3.8, 4) is 5.75 Å². The van der Waals surface area contributed by atoms with Crippen LogP contribution in [0.15, 0.2) is 36.4 Å². The van der Waals surface area contributed by atoms with Crippen molar-refractivity contribution < 1.29 is 19.0 Å². The predicted octanol–water partition coefficient (Wildman–Crippen LogP) is 1.78. The highest BCUT2D eigenvalue weighted by Crippen LogP contribution is 2.12. The Kier molecular flexibility index (Phi) is 6.46. The molecule has 0 saturated heterocycles. The van der Waals surface area contributed by atoms with Gasteiger partial charge in [-0.05, 0) is 31.2 Å². The van der Waals surface area contributed by atoms with Crippen molar-refractivity contribution in [2.24, 2.45) is 0 Å². The predicted molar refractivity (Wildman–Crippen MR) is 72.9 cm³/mol. The Morgan fingerprint density at radius 2 is 1.79 bits per heavy atom. The van der Waals surface area contributed by atoms with Crippen LogP contribution in [0.4, 0.5) is 5.69 Å². The summed E-state index contributed by atoms with van der Waals surface area (Å²) in [4.78, 5) is 11.0. The van der Waals surface area contributed by atoms with E-state index in [1.807, 2.05) is 0 Å². The maximum absolute atomic E-state index is 11.0. The lowest BCUT2D eigenvalue weighted by molar-refractivity contribution is -0.140. The summed E-state index contributed by atoms with van der Waals surface area (Å²) in [6.45, 7) is 6.49. The van der Waals surface area contributed by atoms with Gasteiger partial charge >= 0.3 is 5.97 Å². The lowest BCUT2D eigenvalue weighted by atomic mass is 10.3. The molecular weight excluding hydrogens is 246 g/mol. The third-order valence-corrected chi connectivity index (χ3v) is 2.19. The third-order valence-electron chi connectivity index (χ3n) is 2.19. The first-order chi connectivity index (χ1) is 9.09. The summed E-state index contributed by atoms with van der Waals surface area (Å²) >= 11 is 0. The number of benzene rings is 1. The molecule has 1 aromatic rings. The smallest absolute Gasteiger partial charge is 0.333 e. The van der Waals surface area contributed by atoms with E-state index in [4.69, 9.17) is 19.9 Å². The van der Waals surface area contributed by atoms with E-state index in [-0.39, 0.29) is 6.61 Å². The summed E-state index contributed by atoms with van der Waals surface area (Å²) in [5.41, 5.74) is 6.63. The number of carbonyl (C=O) groups is 1. The van der Waals surface area contributed by atoms with Crippen LogP contribution < -0.4 is 10.5 Å². The molecule has 0 aliphatic rings. The molecule has 5 nitrogen and oxygen atoms in total. The third kappa shape index (κ3) is 6.47. The normalized spacial score (nSPS) is 9.95. The standard InChI is InChI=1S/C14H19NO4/c1-11(2)14(16)19-10-8-17-7-9-18-13-5-3-12(15)4-6-13/h3-6H,1,7-10,15H2,2H3. The van der Waals surface area contributed by atoms with Gasteiger partial charge in [0, 0.05) is 11.3 Å². The Morgan fingerprint density at radius 1 is 1.16 bits per heavy atom. The van der Waals surface area contributed by atoms with Gasteiger partial charge in [0.15, 0.2) is 0 Å². The highest BCUT2D eigenvalue weighted by Gasteiger charge is 2.01. The van der Waals surface area contributed by atoms with Crippen molar-refractivity contribution in [3.05, 3.63) is 36.4 Å². The zero-order valence-corrected chi connectivity index (χ0v) is 11.1. The molecule has 2 N–H and O–H groups in total. The van der Waals surface area contributed by atoms with E-state index in [2.05, 4.69) is 6.58 Å². The SMILES string of the molecule is C=C(C)C(=O)OCCOCCOc1ccc(N)cc1. The van der Waals surface area contributed by atoms with Crippen molar-refractivity contribution in [1.82, 2.24) is 0 Å². The lowest BCUT2D eigenvalue weighted by Crippen LogP contribution is -2.13. The van der Waals surface area contributed by atoms with E-state index in [1.165, 1.54) is 0 Å². The Balaban J connectivity index is 2.01. The van der Waals surface area contributed by atoms with Crippen molar-refractivity contribution in [1.29, 1.82) is 0 Å². The zero-order valence-electron chi connectivity index (χ0n) is 11.1. The second-order valence-electron chi connectivity index (χ2n) is 3.95. The number of nitrogen functional groups attached to an aromatic ring is 1. The van der Waals surface area contributed by atoms with Crippen molar-refractivity contribution in [3.63, 3.8) is 0 Å². The first-order valence-electron chi connectivity index (χ1n) is 5.98. The molecule has 1 aromatic carbocycles. The van der Waals surface area contributed by atoms with E-state index in [1.54, 1.807) is 31.2 Å². The molecule has 0 heterocycles. The van der Waals surface area contributed by atoms with Crippen LogP contribution >= 0.6 is 0 Å². The first-order valence-corrected chi connectivity index (χ1v) is 5.98.